The Labute approximate surface area is 143 Å². The third-order valence-corrected chi connectivity index (χ3v) is 3.72. The van der Waals surface area contributed by atoms with E-state index in [1.54, 1.807) is 7.11 Å². The number of carbonyl (C=O) groups excluding carboxylic acids is 1. The number of carbonyl (C=O) groups is 1. The van der Waals surface area contributed by atoms with Crippen molar-refractivity contribution in [3.63, 3.8) is 0 Å². The first-order valence-corrected chi connectivity index (χ1v) is 7.92. The summed E-state index contributed by atoms with van der Waals surface area (Å²) in [4.78, 5) is 12.1. The molecule has 0 bridgehead atoms. The lowest BCUT2D eigenvalue weighted by molar-refractivity contribution is -0.114. The van der Waals surface area contributed by atoms with Gasteiger partial charge in [0.05, 0.1) is 13.2 Å². The largest absolute Gasteiger partial charge is 0.491 e. The normalized spacial score (nSPS) is 10.3. The SMILES string of the molecule is COCCOc1cccc(NCC(=O)Nc2cccc(C)c2C)c1. The third kappa shape index (κ3) is 5.28. The summed E-state index contributed by atoms with van der Waals surface area (Å²) in [5.74, 6) is 0.654. The first-order valence-electron chi connectivity index (χ1n) is 7.92. The molecule has 5 nitrogen and oxygen atoms in total. The Morgan fingerprint density at radius 1 is 1.08 bits per heavy atom. The van der Waals surface area contributed by atoms with Crippen LogP contribution in [0.5, 0.6) is 5.75 Å². The highest BCUT2D eigenvalue weighted by Gasteiger charge is 2.06. The minimum Gasteiger partial charge on any atom is -0.491 e. The fourth-order valence-electron chi connectivity index (χ4n) is 2.20. The molecule has 2 aromatic carbocycles. The number of anilines is 2. The fourth-order valence-corrected chi connectivity index (χ4v) is 2.20. The average molecular weight is 328 g/mol. The maximum atomic E-state index is 12.1. The van der Waals surface area contributed by atoms with E-state index in [9.17, 15) is 4.79 Å². The second kappa shape index (κ2) is 8.93. The first-order chi connectivity index (χ1) is 11.6. The number of benzene rings is 2. The van der Waals surface area contributed by atoms with E-state index in [0.29, 0.717) is 13.2 Å². The maximum absolute atomic E-state index is 12.1. The Bertz CT molecular complexity index is 686. The average Bonchev–Trinajstić information content (AvgIpc) is 2.58. The predicted octanol–water partition coefficient (Wildman–Crippen LogP) is 3.38. The molecule has 2 aromatic rings. The van der Waals surface area contributed by atoms with Crippen molar-refractivity contribution in [2.24, 2.45) is 0 Å². The van der Waals surface area contributed by atoms with Crippen molar-refractivity contribution in [3.8, 4) is 5.75 Å². The molecule has 0 spiro atoms. The van der Waals surface area contributed by atoms with E-state index in [2.05, 4.69) is 10.6 Å². The number of amides is 1. The van der Waals surface area contributed by atoms with Gasteiger partial charge in [0.15, 0.2) is 0 Å². The molecule has 0 saturated carbocycles. The minimum absolute atomic E-state index is 0.0885. The van der Waals surface area contributed by atoms with E-state index in [1.165, 1.54) is 0 Å². The summed E-state index contributed by atoms with van der Waals surface area (Å²) in [5.41, 5.74) is 3.92. The molecule has 0 unspecified atom stereocenters. The van der Waals surface area contributed by atoms with Gasteiger partial charge in [0.1, 0.15) is 12.4 Å². The van der Waals surface area contributed by atoms with Gasteiger partial charge in [-0.15, -0.1) is 0 Å². The molecule has 24 heavy (non-hydrogen) atoms. The quantitative estimate of drug-likeness (QED) is 0.729. The molecule has 0 aromatic heterocycles. The van der Waals surface area contributed by atoms with Gasteiger partial charge in [-0.2, -0.15) is 0 Å². The van der Waals surface area contributed by atoms with Crippen LogP contribution in [0.3, 0.4) is 0 Å². The molecule has 2 rings (SSSR count). The van der Waals surface area contributed by atoms with Gasteiger partial charge < -0.3 is 20.1 Å². The van der Waals surface area contributed by atoms with Crippen LogP contribution in [0.2, 0.25) is 0 Å². The molecule has 0 radical (unpaired) electrons. The lowest BCUT2D eigenvalue weighted by Crippen LogP contribution is -2.22. The van der Waals surface area contributed by atoms with Crippen LogP contribution in [-0.4, -0.2) is 32.8 Å². The van der Waals surface area contributed by atoms with Crippen LogP contribution < -0.4 is 15.4 Å². The molecule has 1 amide bonds. The van der Waals surface area contributed by atoms with Crippen molar-refractivity contribution < 1.29 is 14.3 Å². The van der Waals surface area contributed by atoms with Crippen LogP contribution in [-0.2, 0) is 9.53 Å². The van der Waals surface area contributed by atoms with Crippen LogP contribution in [0.4, 0.5) is 11.4 Å². The van der Waals surface area contributed by atoms with Crippen LogP contribution in [0.25, 0.3) is 0 Å². The molecule has 128 valence electrons. The highest BCUT2D eigenvalue weighted by molar-refractivity contribution is 5.94. The molecule has 2 N–H and O–H groups in total. The van der Waals surface area contributed by atoms with Crippen molar-refractivity contribution in [1.82, 2.24) is 0 Å². The number of hydrogen-bond donors (Lipinski definition) is 2. The second-order valence-electron chi connectivity index (χ2n) is 5.52. The molecule has 0 aliphatic rings. The monoisotopic (exact) mass is 328 g/mol. The van der Waals surface area contributed by atoms with Crippen molar-refractivity contribution >= 4 is 17.3 Å². The molecule has 5 heteroatoms. The topological polar surface area (TPSA) is 59.6 Å². The predicted molar refractivity (Wildman–Crippen MR) is 96.8 cm³/mol. The van der Waals surface area contributed by atoms with Gasteiger partial charge in [0.2, 0.25) is 5.91 Å². The van der Waals surface area contributed by atoms with E-state index in [-0.39, 0.29) is 12.5 Å². The molecular formula is C19H24N2O3. The highest BCUT2D eigenvalue weighted by atomic mass is 16.5. The summed E-state index contributed by atoms with van der Waals surface area (Å²) >= 11 is 0. The van der Waals surface area contributed by atoms with Gasteiger partial charge in [0.25, 0.3) is 0 Å². The van der Waals surface area contributed by atoms with Gasteiger partial charge >= 0.3 is 0 Å². The Balaban J connectivity index is 1.87. The van der Waals surface area contributed by atoms with Crippen LogP contribution in [0.15, 0.2) is 42.5 Å². The summed E-state index contributed by atoms with van der Waals surface area (Å²) in [7, 11) is 1.63. The Morgan fingerprint density at radius 2 is 1.88 bits per heavy atom. The number of nitrogens with one attached hydrogen (secondary N) is 2. The van der Waals surface area contributed by atoms with E-state index in [4.69, 9.17) is 9.47 Å². The molecule has 0 saturated heterocycles. The van der Waals surface area contributed by atoms with Gasteiger partial charge in [0, 0.05) is 24.6 Å². The molecule has 0 aliphatic heterocycles. The lowest BCUT2D eigenvalue weighted by atomic mass is 10.1. The zero-order valence-electron chi connectivity index (χ0n) is 14.4. The van der Waals surface area contributed by atoms with Crippen molar-refractivity contribution in [3.05, 3.63) is 53.6 Å². The van der Waals surface area contributed by atoms with E-state index in [0.717, 1.165) is 28.3 Å². The summed E-state index contributed by atoms with van der Waals surface area (Å²) < 4.78 is 10.5. The second-order valence-corrected chi connectivity index (χ2v) is 5.52. The standard InChI is InChI=1S/C19H24N2O3/c1-14-6-4-9-18(15(14)2)21-19(22)13-20-16-7-5-8-17(12-16)24-11-10-23-3/h4-9,12,20H,10-11,13H2,1-3H3,(H,21,22). The molecule has 0 atom stereocenters. The third-order valence-electron chi connectivity index (χ3n) is 3.72. The summed E-state index contributed by atoms with van der Waals surface area (Å²) in [6, 6.07) is 13.4. The van der Waals surface area contributed by atoms with Crippen LogP contribution in [0, 0.1) is 13.8 Å². The number of ether oxygens (including phenoxy) is 2. The van der Waals surface area contributed by atoms with Crippen LogP contribution in [0.1, 0.15) is 11.1 Å². The Hall–Kier alpha value is -2.53. The zero-order chi connectivity index (χ0) is 17.4. The van der Waals surface area contributed by atoms with Crippen LogP contribution >= 0.6 is 0 Å². The number of methoxy groups -OCH3 is 1. The maximum Gasteiger partial charge on any atom is 0.243 e. The summed E-state index contributed by atoms with van der Waals surface area (Å²) in [6.45, 7) is 5.25. The van der Waals surface area contributed by atoms with Crippen molar-refractivity contribution in [2.75, 3.05) is 37.5 Å². The van der Waals surface area contributed by atoms with E-state index in [1.807, 2.05) is 56.3 Å². The molecule has 0 fully saturated rings. The zero-order valence-corrected chi connectivity index (χ0v) is 14.4. The number of rotatable bonds is 8. The Kier molecular flexibility index (Phi) is 6.63. The lowest BCUT2D eigenvalue weighted by Gasteiger charge is -2.12. The van der Waals surface area contributed by atoms with Crippen molar-refractivity contribution in [1.29, 1.82) is 0 Å². The highest BCUT2D eigenvalue weighted by Crippen LogP contribution is 2.19. The van der Waals surface area contributed by atoms with Gasteiger partial charge in [-0.05, 0) is 43.2 Å². The van der Waals surface area contributed by atoms with Gasteiger partial charge in [-0.25, -0.2) is 0 Å². The minimum atomic E-state index is -0.0885. The van der Waals surface area contributed by atoms with E-state index >= 15 is 0 Å². The smallest absolute Gasteiger partial charge is 0.243 e. The fraction of sp³-hybridized carbons (Fsp3) is 0.316. The number of aryl methyl sites for hydroxylation is 1. The molecule has 0 aliphatic carbocycles. The Morgan fingerprint density at radius 3 is 2.67 bits per heavy atom. The van der Waals surface area contributed by atoms with Gasteiger partial charge in [-0.3, -0.25) is 4.79 Å². The van der Waals surface area contributed by atoms with Gasteiger partial charge in [-0.1, -0.05) is 18.2 Å². The number of hydrogen-bond acceptors (Lipinski definition) is 4. The summed E-state index contributed by atoms with van der Waals surface area (Å²) in [6.07, 6.45) is 0. The van der Waals surface area contributed by atoms with Crippen molar-refractivity contribution in [2.45, 2.75) is 13.8 Å². The van der Waals surface area contributed by atoms with E-state index < -0.39 is 0 Å². The summed E-state index contributed by atoms with van der Waals surface area (Å²) in [5, 5.41) is 6.03. The molecular weight excluding hydrogens is 304 g/mol. The molecule has 0 heterocycles. The first kappa shape index (κ1) is 17.8.